The number of benzene rings is 1. The normalized spacial score (nSPS) is 16.9. The highest BCUT2D eigenvalue weighted by Gasteiger charge is 2.31. The highest BCUT2D eigenvalue weighted by molar-refractivity contribution is 5.78. The van der Waals surface area contributed by atoms with E-state index in [-0.39, 0.29) is 11.8 Å². The Bertz CT molecular complexity index is 1050. The number of hydrogen-bond donors (Lipinski definition) is 0. The average molecular weight is 425 g/mol. The van der Waals surface area contributed by atoms with Crippen LogP contribution in [0.1, 0.15) is 35.6 Å². The summed E-state index contributed by atoms with van der Waals surface area (Å²) in [6.07, 6.45) is 1.02. The Hall–Kier alpha value is -3.22. The largest absolute Gasteiger partial charge is 0.416 e. The van der Waals surface area contributed by atoms with Crippen LogP contribution in [0.2, 0.25) is 0 Å². The fourth-order valence-electron chi connectivity index (χ4n) is 3.93. The van der Waals surface area contributed by atoms with Gasteiger partial charge in [0.1, 0.15) is 0 Å². The minimum Gasteiger partial charge on any atom is -0.342 e. The molecule has 0 radical (unpaired) electrons. The Morgan fingerprint density at radius 2 is 1.94 bits per heavy atom. The van der Waals surface area contributed by atoms with Crippen LogP contribution in [0.15, 0.2) is 67.0 Å². The summed E-state index contributed by atoms with van der Waals surface area (Å²) in [6, 6.07) is 14.3. The van der Waals surface area contributed by atoms with Crippen molar-refractivity contribution in [3.8, 4) is 11.3 Å². The smallest absolute Gasteiger partial charge is 0.342 e. The van der Waals surface area contributed by atoms with Gasteiger partial charge in [-0.2, -0.15) is 13.2 Å². The molecule has 0 N–H and O–H groups in total. The van der Waals surface area contributed by atoms with Crippen LogP contribution in [0, 0.1) is 0 Å². The zero-order valence-electron chi connectivity index (χ0n) is 16.8. The Kier molecular flexibility index (Phi) is 6.02. The molecule has 7 heteroatoms. The van der Waals surface area contributed by atoms with Crippen LogP contribution in [0.25, 0.3) is 11.3 Å². The molecule has 0 saturated carbocycles. The molecule has 1 aromatic carbocycles. The number of piperidine rings is 1. The Morgan fingerprint density at radius 1 is 1.10 bits per heavy atom. The molecule has 2 aromatic heterocycles. The third-order valence-electron chi connectivity index (χ3n) is 5.53. The molecule has 0 bridgehead atoms. The van der Waals surface area contributed by atoms with E-state index in [0.717, 1.165) is 36.2 Å². The summed E-state index contributed by atoms with van der Waals surface area (Å²) in [5, 5.41) is 0. The van der Waals surface area contributed by atoms with Gasteiger partial charge >= 0.3 is 6.18 Å². The molecule has 0 unspecified atom stereocenters. The lowest BCUT2D eigenvalue weighted by Crippen LogP contribution is -2.40. The van der Waals surface area contributed by atoms with Crippen molar-refractivity contribution in [2.24, 2.45) is 0 Å². The molecule has 4 rings (SSSR count). The van der Waals surface area contributed by atoms with E-state index >= 15 is 0 Å². The van der Waals surface area contributed by atoms with E-state index in [1.807, 2.05) is 29.2 Å². The minimum atomic E-state index is -4.40. The Morgan fingerprint density at radius 3 is 2.71 bits per heavy atom. The summed E-state index contributed by atoms with van der Waals surface area (Å²) in [7, 11) is 0. The Labute approximate surface area is 178 Å². The maximum absolute atomic E-state index is 13.1. The van der Waals surface area contributed by atoms with Gasteiger partial charge in [0.2, 0.25) is 5.91 Å². The van der Waals surface area contributed by atoms with Crippen LogP contribution in [0.4, 0.5) is 13.2 Å². The molecule has 160 valence electrons. The van der Waals surface area contributed by atoms with Gasteiger partial charge in [-0.05, 0) is 48.7 Å². The van der Waals surface area contributed by atoms with Gasteiger partial charge in [-0.3, -0.25) is 14.8 Å². The summed E-state index contributed by atoms with van der Waals surface area (Å²) in [4.78, 5) is 23.3. The second-order valence-corrected chi connectivity index (χ2v) is 7.74. The van der Waals surface area contributed by atoms with E-state index in [0.29, 0.717) is 30.8 Å². The van der Waals surface area contributed by atoms with Crippen LogP contribution in [-0.2, 0) is 17.4 Å². The van der Waals surface area contributed by atoms with Gasteiger partial charge in [-0.15, -0.1) is 0 Å². The van der Waals surface area contributed by atoms with E-state index in [1.165, 1.54) is 6.07 Å². The molecular formula is C24H22F3N3O. The van der Waals surface area contributed by atoms with E-state index in [4.69, 9.17) is 0 Å². The van der Waals surface area contributed by atoms with Gasteiger partial charge in [0.15, 0.2) is 0 Å². The van der Waals surface area contributed by atoms with Crippen molar-refractivity contribution in [1.82, 2.24) is 14.9 Å². The van der Waals surface area contributed by atoms with Crippen molar-refractivity contribution in [3.05, 3.63) is 83.8 Å². The van der Waals surface area contributed by atoms with E-state index in [9.17, 15) is 18.0 Å². The highest BCUT2D eigenvalue weighted by Crippen LogP contribution is 2.33. The van der Waals surface area contributed by atoms with Gasteiger partial charge in [-0.1, -0.05) is 24.3 Å². The molecule has 0 spiro atoms. The lowest BCUT2D eigenvalue weighted by atomic mass is 9.93. The number of aromatic nitrogens is 2. The van der Waals surface area contributed by atoms with Crippen molar-refractivity contribution in [1.29, 1.82) is 0 Å². The van der Waals surface area contributed by atoms with E-state index < -0.39 is 11.7 Å². The van der Waals surface area contributed by atoms with Crippen molar-refractivity contribution in [3.63, 3.8) is 0 Å². The second kappa shape index (κ2) is 8.88. The van der Waals surface area contributed by atoms with Crippen molar-refractivity contribution < 1.29 is 18.0 Å². The molecule has 1 saturated heterocycles. The summed E-state index contributed by atoms with van der Waals surface area (Å²) in [5.74, 6) is 0.101. The van der Waals surface area contributed by atoms with E-state index in [2.05, 4.69) is 9.97 Å². The molecule has 1 atom stereocenters. The molecule has 31 heavy (non-hydrogen) atoms. The third kappa shape index (κ3) is 5.10. The predicted molar refractivity (Wildman–Crippen MR) is 111 cm³/mol. The zero-order valence-corrected chi connectivity index (χ0v) is 16.8. The summed E-state index contributed by atoms with van der Waals surface area (Å²) >= 11 is 0. The van der Waals surface area contributed by atoms with Crippen LogP contribution in [0.5, 0.6) is 0 Å². The lowest BCUT2D eigenvalue weighted by molar-refractivity contribution is -0.137. The average Bonchev–Trinajstić information content (AvgIpc) is 2.79. The topological polar surface area (TPSA) is 46.1 Å². The first-order valence-electron chi connectivity index (χ1n) is 10.2. The van der Waals surface area contributed by atoms with Gasteiger partial charge in [0.05, 0.1) is 17.7 Å². The fraction of sp³-hybridized carbons (Fsp3) is 0.292. The van der Waals surface area contributed by atoms with Crippen LogP contribution in [0.3, 0.4) is 0 Å². The number of likely N-dealkylation sites (tertiary alicyclic amines) is 1. The zero-order chi connectivity index (χ0) is 21.8. The lowest BCUT2D eigenvalue weighted by Gasteiger charge is -2.32. The molecule has 0 aliphatic carbocycles. The number of hydrogen-bond acceptors (Lipinski definition) is 3. The number of carbonyl (C=O) groups excluding carboxylic acids is 1. The third-order valence-corrected chi connectivity index (χ3v) is 5.53. The highest BCUT2D eigenvalue weighted by atomic mass is 19.4. The maximum Gasteiger partial charge on any atom is 0.416 e. The SMILES string of the molecule is O=C(Cc1cccnc1)N1CCC[C@@H](c2cccc(-c3cccc(C(F)(F)F)c3)n2)C1. The maximum atomic E-state index is 13.1. The van der Waals surface area contributed by atoms with Gasteiger partial charge in [0, 0.05) is 42.7 Å². The number of nitrogens with zero attached hydrogens (tertiary/aromatic N) is 3. The second-order valence-electron chi connectivity index (χ2n) is 7.74. The number of halogens is 3. The van der Waals surface area contributed by atoms with Gasteiger partial charge in [-0.25, -0.2) is 0 Å². The summed E-state index contributed by atoms with van der Waals surface area (Å²) < 4.78 is 39.2. The van der Waals surface area contributed by atoms with Crippen LogP contribution >= 0.6 is 0 Å². The van der Waals surface area contributed by atoms with E-state index in [1.54, 1.807) is 24.5 Å². The molecular weight excluding hydrogens is 403 g/mol. The van der Waals surface area contributed by atoms with Crippen LogP contribution in [-0.4, -0.2) is 33.9 Å². The first-order chi connectivity index (χ1) is 14.9. The molecule has 1 aliphatic heterocycles. The molecule has 1 fully saturated rings. The number of carbonyl (C=O) groups is 1. The minimum absolute atomic E-state index is 0.0479. The van der Waals surface area contributed by atoms with Gasteiger partial charge in [0.25, 0.3) is 0 Å². The van der Waals surface area contributed by atoms with Crippen molar-refractivity contribution in [2.45, 2.75) is 31.4 Å². The predicted octanol–water partition coefficient (Wildman–Crippen LogP) is 5.11. The quantitative estimate of drug-likeness (QED) is 0.584. The Balaban J connectivity index is 1.50. The monoisotopic (exact) mass is 425 g/mol. The standard InChI is InChI=1S/C24H22F3N3O/c25-24(26,27)20-8-1-6-18(14-20)21-9-2-10-22(29-21)19-7-4-12-30(16-19)23(31)13-17-5-3-11-28-15-17/h1-3,5-6,8-11,14-15,19H,4,7,12-13,16H2/t19-/m1/s1. The number of alkyl halides is 3. The summed E-state index contributed by atoms with van der Waals surface area (Å²) in [5.41, 5.74) is 1.91. The van der Waals surface area contributed by atoms with Crippen LogP contribution < -0.4 is 0 Å². The van der Waals surface area contributed by atoms with Gasteiger partial charge < -0.3 is 4.90 Å². The number of rotatable bonds is 4. The molecule has 4 nitrogen and oxygen atoms in total. The molecule has 1 aliphatic rings. The number of amides is 1. The molecule has 3 heterocycles. The fourth-order valence-corrected chi connectivity index (χ4v) is 3.93. The molecule has 1 amide bonds. The first kappa shape index (κ1) is 21.0. The first-order valence-corrected chi connectivity index (χ1v) is 10.2. The molecule has 3 aromatic rings. The summed E-state index contributed by atoms with van der Waals surface area (Å²) in [6.45, 7) is 1.25. The number of pyridine rings is 2. The van der Waals surface area contributed by atoms with Crippen molar-refractivity contribution in [2.75, 3.05) is 13.1 Å². The van der Waals surface area contributed by atoms with Crippen molar-refractivity contribution >= 4 is 5.91 Å².